The molecule has 6 heteroatoms. The van der Waals surface area contributed by atoms with Gasteiger partial charge in [0.2, 0.25) is 5.91 Å². The summed E-state index contributed by atoms with van der Waals surface area (Å²) in [6.07, 6.45) is 63.6. The zero-order chi connectivity index (χ0) is 45.9. The molecule has 0 bridgehead atoms. The van der Waals surface area contributed by atoms with Crippen molar-refractivity contribution < 1.29 is 25.2 Å². The molecule has 0 aliphatic heterocycles. The molecule has 0 aliphatic rings. The molecular weight excluding hydrogens is 779 g/mol. The number of allylic oxidation sites excluding steroid dienone is 6. The number of unbranched alkanes of at least 4 members (excludes halogenated alkanes) is 36. The fourth-order valence-electron chi connectivity index (χ4n) is 8.67. The van der Waals surface area contributed by atoms with Crippen molar-refractivity contribution in [3.63, 3.8) is 0 Å². The second-order valence-corrected chi connectivity index (χ2v) is 19.3. The lowest BCUT2D eigenvalue weighted by Crippen LogP contribution is -2.53. The lowest BCUT2D eigenvalue weighted by atomic mass is 10.00. The molecule has 6 nitrogen and oxygen atoms in total. The lowest BCUT2D eigenvalue weighted by Gasteiger charge is -2.27. The van der Waals surface area contributed by atoms with E-state index >= 15 is 0 Å². The van der Waals surface area contributed by atoms with Crippen molar-refractivity contribution in [2.75, 3.05) is 6.61 Å². The van der Waals surface area contributed by atoms with Gasteiger partial charge in [-0.2, -0.15) is 0 Å². The van der Waals surface area contributed by atoms with Crippen molar-refractivity contribution in [2.45, 2.75) is 314 Å². The summed E-state index contributed by atoms with van der Waals surface area (Å²) in [6, 6.07) is -1.01. The smallest absolute Gasteiger partial charge is 0.249 e. The molecule has 5 N–H and O–H groups in total. The lowest BCUT2D eigenvalue weighted by molar-refractivity contribution is -0.132. The predicted molar refractivity (Wildman–Crippen MR) is 274 cm³/mol. The number of hydrogen-bond acceptors (Lipinski definition) is 5. The summed E-state index contributed by atoms with van der Waals surface area (Å²) in [5, 5.41) is 43.9. The highest BCUT2D eigenvalue weighted by Gasteiger charge is 2.28. The molecular formula is C57H109NO5. The Morgan fingerprint density at radius 1 is 0.381 bits per heavy atom. The molecule has 0 heterocycles. The highest BCUT2D eigenvalue weighted by molar-refractivity contribution is 5.80. The molecule has 63 heavy (non-hydrogen) atoms. The van der Waals surface area contributed by atoms with Crippen LogP contribution in [0, 0.1) is 0 Å². The normalized spacial score (nSPS) is 14.1. The van der Waals surface area contributed by atoms with Crippen LogP contribution in [0.15, 0.2) is 36.5 Å². The third kappa shape index (κ3) is 45.5. The third-order valence-corrected chi connectivity index (χ3v) is 13.1. The Hall–Kier alpha value is -1.47. The molecule has 0 rings (SSSR count). The summed E-state index contributed by atoms with van der Waals surface area (Å²) in [6.45, 7) is 4.04. The Balaban J connectivity index is 3.62. The topological polar surface area (TPSA) is 110 Å². The first-order chi connectivity index (χ1) is 31.0. The number of carbonyl (C=O) groups is 1. The van der Waals surface area contributed by atoms with E-state index in [4.69, 9.17) is 0 Å². The zero-order valence-electron chi connectivity index (χ0n) is 42.1. The molecule has 4 unspecified atom stereocenters. The maximum atomic E-state index is 12.6. The molecule has 0 aromatic heterocycles. The summed E-state index contributed by atoms with van der Waals surface area (Å²) in [5.41, 5.74) is 0. The van der Waals surface area contributed by atoms with Gasteiger partial charge in [-0.3, -0.25) is 4.79 Å². The second-order valence-electron chi connectivity index (χ2n) is 19.3. The number of carbonyl (C=O) groups excluding carboxylic acids is 1. The Bertz CT molecular complexity index is 997. The van der Waals surface area contributed by atoms with Crippen LogP contribution in [0.3, 0.4) is 0 Å². The van der Waals surface area contributed by atoms with E-state index in [1.54, 1.807) is 0 Å². The van der Waals surface area contributed by atoms with Crippen molar-refractivity contribution in [3.05, 3.63) is 36.5 Å². The van der Waals surface area contributed by atoms with Crippen LogP contribution in [0.2, 0.25) is 0 Å². The number of nitrogens with one attached hydrogen (secondary N) is 1. The minimum Gasteiger partial charge on any atom is -0.394 e. The zero-order valence-corrected chi connectivity index (χ0v) is 42.1. The summed E-state index contributed by atoms with van der Waals surface area (Å²) in [4.78, 5) is 12.6. The second kappa shape index (κ2) is 51.5. The first-order valence-corrected chi connectivity index (χ1v) is 27.9. The van der Waals surface area contributed by atoms with Gasteiger partial charge in [-0.15, -0.1) is 0 Å². The van der Waals surface area contributed by atoms with Gasteiger partial charge in [0.1, 0.15) is 12.2 Å². The molecule has 0 saturated heterocycles. The Morgan fingerprint density at radius 2 is 0.667 bits per heavy atom. The molecule has 0 aromatic rings. The third-order valence-electron chi connectivity index (χ3n) is 13.1. The van der Waals surface area contributed by atoms with E-state index in [0.717, 1.165) is 51.4 Å². The van der Waals surface area contributed by atoms with Gasteiger partial charge in [0.25, 0.3) is 0 Å². The fraction of sp³-hybridized carbons (Fsp3) is 0.877. The first kappa shape index (κ1) is 61.5. The average Bonchev–Trinajstić information content (AvgIpc) is 3.29. The maximum absolute atomic E-state index is 12.6. The van der Waals surface area contributed by atoms with Gasteiger partial charge in [0.15, 0.2) is 0 Å². The number of hydrogen-bond donors (Lipinski definition) is 5. The monoisotopic (exact) mass is 888 g/mol. The standard InChI is InChI=1S/C57H109NO5/c1-3-5-7-9-11-13-15-17-19-21-22-23-24-25-26-27-28-29-30-31-32-33-35-37-39-41-43-45-47-49-51-55(61)57(63)58-53(52-59)56(62)54(60)50-48-46-44-42-40-38-36-34-20-18-16-14-12-10-8-6-4-2/h14,16,34,36,42,44,53-56,59-62H,3-13,15,17-33,35,37-41,43,45-52H2,1-2H3,(H,58,63)/b16-14+,36-34+,44-42+. The van der Waals surface area contributed by atoms with Crippen LogP contribution in [0.1, 0.15) is 290 Å². The van der Waals surface area contributed by atoms with Crippen molar-refractivity contribution in [3.8, 4) is 0 Å². The van der Waals surface area contributed by atoms with Crippen molar-refractivity contribution in [1.82, 2.24) is 5.32 Å². The van der Waals surface area contributed by atoms with Crippen LogP contribution < -0.4 is 5.32 Å². The van der Waals surface area contributed by atoms with Crippen LogP contribution in [0.5, 0.6) is 0 Å². The Labute approximate surface area is 392 Å². The van der Waals surface area contributed by atoms with Crippen LogP contribution in [-0.2, 0) is 4.79 Å². The minimum atomic E-state index is -1.29. The van der Waals surface area contributed by atoms with Crippen molar-refractivity contribution >= 4 is 5.91 Å². The summed E-state index contributed by atoms with van der Waals surface area (Å²) >= 11 is 0. The molecule has 0 aromatic carbocycles. The molecule has 0 saturated carbocycles. The predicted octanol–water partition coefficient (Wildman–Crippen LogP) is 16.0. The molecule has 1 amide bonds. The number of rotatable bonds is 51. The van der Waals surface area contributed by atoms with Gasteiger partial charge < -0.3 is 25.7 Å². The molecule has 0 spiro atoms. The van der Waals surface area contributed by atoms with E-state index in [1.807, 2.05) is 0 Å². The Kier molecular flexibility index (Phi) is 50.3. The number of aliphatic hydroxyl groups excluding tert-OH is 4. The van der Waals surface area contributed by atoms with E-state index < -0.39 is 36.9 Å². The van der Waals surface area contributed by atoms with E-state index in [9.17, 15) is 25.2 Å². The highest BCUT2D eigenvalue weighted by atomic mass is 16.3. The molecule has 0 radical (unpaired) electrons. The van der Waals surface area contributed by atoms with E-state index in [-0.39, 0.29) is 0 Å². The molecule has 4 atom stereocenters. The van der Waals surface area contributed by atoms with E-state index in [0.29, 0.717) is 19.3 Å². The van der Waals surface area contributed by atoms with Gasteiger partial charge in [-0.05, 0) is 64.2 Å². The average molecular weight is 889 g/mol. The van der Waals surface area contributed by atoms with E-state index in [2.05, 4.69) is 55.6 Å². The quantitative estimate of drug-likeness (QED) is 0.0309. The van der Waals surface area contributed by atoms with Crippen LogP contribution in [-0.4, -0.2) is 57.3 Å². The summed E-state index contributed by atoms with van der Waals surface area (Å²) in [7, 11) is 0. The van der Waals surface area contributed by atoms with Crippen LogP contribution >= 0.6 is 0 Å². The van der Waals surface area contributed by atoms with Gasteiger partial charge in [0, 0.05) is 0 Å². The van der Waals surface area contributed by atoms with Gasteiger partial charge >= 0.3 is 0 Å². The molecule has 0 fully saturated rings. The van der Waals surface area contributed by atoms with Gasteiger partial charge in [0.05, 0.1) is 18.8 Å². The number of amides is 1. The van der Waals surface area contributed by atoms with Gasteiger partial charge in [-0.1, -0.05) is 262 Å². The van der Waals surface area contributed by atoms with Crippen LogP contribution in [0.4, 0.5) is 0 Å². The fourth-order valence-corrected chi connectivity index (χ4v) is 8.67. The van der Waals surface area contributed by atoms with E-state index in [1.165, 1.54) is 205 Å². The molecule has 0 aliphatic carbocycles. The largest absolute Gasteiger partial charge is 0.394 e. The first-order valence-electron chi connectivity index (χ1n) is 27.9. The highest BCUT2D eigenvalue weighted by Crippen LogP contribution is 2.18. The minimum absolute atomic E-state index is 0.362. The SMILES string of the molecule is CCCCCC/C=C/CC/C=C/CC/C=C/CCCC(O)C(O)C(CO)NC(=O)C(O)CCCCCCCCCCCCCCCCCCCCCCCCCCCCCCCC. The maximum Gasteiger partial charge on any atom is 0.249 e. The Morgan fingerprint density at radius 3 is 1.00 bits per heavy atom. The molecule has 372 valence electrons. The summed E-state index contributed by atoms with van der Waals surface area (Å²) in [5.74, 6) is -0.595. The number of aliphatic hydroxyl groups is 4. The van der Waals surface area contributed by atoms with Crippen molar-refractivity contribution in [2.24, 2.45) is 0 Å². The van der Waals surface area contributed by atoms with Crippen LogP contribution in [0.25, 0.3) is 0 Å². The van der Waals surface area contributed by atoms with Crippen molar-refractivity contribution in [1.29, 1.82) is 0 Å². The summed E-state index contributed by atoms with van der Waals surface area (Å²) < 4.78 is 0. The van der Waals surface area contributed by atoms with Gasteiger partial charge in [-0.25, -0.2) is 0 Å².